The van der Waals surface area contributed by atoms with E-state index < -0.39 is 11.7 Å². The lowest BCUT2D eigenvalue weighted by Crippen LogP contribution is -2.26. The summed E-state index contributed by atoms with van der Waals surface area (Å²) in [7, 11) is 0. The maximum atomic E-state index is 12.8. The third kappa shape index (κ3) is 5.63. The predicted octanol–water partition coefficient (Wildman–Crippen LogP) is 4.14. The van der Waals surface area contributed by atoms with E-state index in [1.807, 2.05) is 0 Å². The second-order valence-corrected chi connectivity index (χ2v) is 5.83. The molecule has 0 radical (unpaired) electrons. The summed E-state index contributed by atoms with van der Waals surface area (Å²) in [6.07, 6.45) is 1.81. The number of carbonyl (C=O) groups is 1. The van der Waals surface area contributed by atoms with Gasteiger partial charge in [0.25, 0.3) is 0 Å². The third-order valence-electron chi connectivity index (χ3n) is 4.03. The number of nitrogens with one attached hydrogen (secondary N) is 1. The Hall–Kier alpha value is -1.96. The van der Waals surface area contributed by atoms with Gasteiger partial charge in [0.1, 0.15) is 0 Å². The maximum absolute atomic E-state index is 12.8. The number of benzene rings is 1. The Morgan fingerprint density at radius 2 is 1.87 bits per heavy atom. The highest BCUT2D eigenvalue weighted by atomic mass is 19.4. The molecule has 1 saturated carbocycles. The van der Waals surface area contributed by atoms with Crippen molar-refractivity contribution >= 4 is 5.91 Å². The van der Waals surface area contributed by atoms with Crippen molar-refractivity contribution in [3.05, 3.63) is 35.4 Å². The van der Waals surface area contributed by atoms with Crippen LogP contribution in [0.2, 0.25) is 0 Å². The first-order chi connectivity index (χ1) is 11.0. The zero-order valence-corrected chi connectivity index (χ0v) is 12.9. The molecule has 0 bridgehead atoms. The normalized spacial score (nSPS) is 15.6. The van der Waals surface area contributed by atoms with E-state index in [0.29, 0.717) is 12.3 Å². The van der Waals surface area contributed by atoms with Crippen LogP contribution in [0.15, 0.2) is 24.3 Å². The molecule has 0 atom stereocenters. The Morgan fingerprint density at radius 3 is 2.57 bits per heavy atom. The quantitative estimate of drug-likeness (QED) is 0.832. The number of rotatable bonds is 3. The second-order valence-electron chi connectivity index (χ2n) is 5.83. The Kier molecular flexibility index (Phi) is 6.09. The van der Waals surface area contributed by atoms with Gasteiger partial charge in [0.05, 0.1) is 12.1 Å². The molecule has 1 aromatic rings. The molecular weight excluding hydrogens is 303 g/mol. The zero-order valence-electron chi connectivity index (χ0n) is 12.9. The molecule has 1 aliphatic rings. The molecule has 23 heavy (non-hydrogen) atoms. The number of carbonyl (C=O) groups excluding carboxylic acids is 1. The smallest absolute Gasteiger partial charge is 0.345 e. The molecule has 5 heteroatoms. The number of hydrogen-bond donors (Lipinski definition) is 1. The minimum absolute atomic E-state index is 0.0672. The largest absolute Gasteiger partial charge is 0.417 e. The van der Waals surface area contributed by atoms with Crippen LogP contribution < -0.4 is 5.32 Å². The van der Waals surface area contributed by atoms with Gasteiger partial charge in [-0.05, 0) is 30.9 Å². The van der Waals surface area contributed by atoms with Gasteiger partial charge in [0.2, 0.25) is 5.91 Å². The lowest BCUT2D eigenvalue weighted by Gasteiger charge is -2.20. The molecular formula is C18H20F3NO. The van der Waals surface area contributed by atoms with Crippen LogP contribution in [0.3, 0.4) is 0 Å². The minimum Gasteiger partial charge on any atom is -0.345 e. The van der Waals surface area contributed by atoms with Gasteiger partial charge in [-0.15, -0.1) is 0 Å². The van der Waals surface area contributed by atoms with E-state index in [2.05, 4.69) is 17.2 Å². The standard InChI is InChI=1S/C18H20F3NO/c19-18(20,21)16-11-5-4-9-15(16)10-6-12-22-17(23)13-14-7-2-1-3-8-14/h4-5,9,11,14H,1-3,7-8,12-13H2,(H,22,23). The summed E-state index contributed by atoms with van der Waals surface area (Å²) in [5.41, 5.74) is -0.817. The monoisotopic (exact) mass is 323 g/mol. The van der Waals surface area contributed by atoms with Crippen LogP contribution in [0.25, 0.3) is 0 Å². The van der Waals surface area contributed by atoms with E-state index >= 15 is 0 Å². The Labute approximate surface area is 134 Å². The van der Waals surface area contributed by atoms with Gasteiger partial charge in [0.15, 0.2) is 0 Å². The van der Waals surface area contributed by atoms with Crippen molar-refractivity contribution in [1.82, 2.24) is 5.32 Å². The van der Waals surface area contributed by atoms with Crippen molar-refractivity contribution < 1.29 is 18.0 Å². The van der Waals surface area contributed by atoms with E-state index in [0.717, 1.165) is 18.9 Å². The topological polar surface area (TPSA) is 29.1 Å². The first kappa shape index (κ1) is 17.4. The highest BCUT2D eigenvalue weighted by Crippen LogP contribution is 2.31. The Balaban J connectivity index is 1.85. The van der Waals surface area contributed by atoms with Crippen molar-refractivity contribution in [2.45, 2.75) is 44.7 Å². The molecule has 124 valence electrons. The average molecular weight is 323 g/mol. The summed E-state index contributed by atoms with van der Waals surface area (Å²) in [6.45, 7) is 0.0672. The van der Waals surface area contributed by atoms with E-state index in [9.17, 15) is 18.0 Å². The van der Waals surface area contributed by atoms with E-state index in [4.69, 9.17) is 0 Å². The molecule has 0 aromatic heterocycles. The molecule has 0 spiro atoms. The summed E-state index contributed by atoms with van der Waals surface area (Å²) in [4.78, 5) is 11.8. The van der Waals surface area contributed by atoms with Crippen LogP contribution in [0.5, 0.6) is 0 Å². The molecule has 1 amide bonds. The lowest BCUT2D eigenvalue weighted by atomic mass is 9.87. The van der Waals surface area contributed by atoms with Crippen molar-refractivity contribution in [1.29, 1.82) is 0 Å². The number of amides is 1. The number of alkyl halides is 3. The van der Waals surface area contributed by atoms with E-state index in [-0.39, 0.29) is 18.0 Å². The highest BCUT2D eigenvalue weighted by Gasteiger charge is 2.32. The summed E-state index contributed by atoms with van der Waals surface area (Å²) >= 11 is 0. The fourth-order valence-electron chi connectivity index (χ4n) is 2.85. The molecule has 0 aliphatic heterocycles. The van der Waals surface area contributed by atoms with Gasteiger partial charge >= 0.3 is 6.18 Å². The van der Waals surface area contributed by atoms with Crippen molar-refractivity contribution in [2.24, 2.45) is 5.92 Å². The SMILES string of the molecule is O=C(CC1CCCCC1)NCC#Cc1ccccc1C(F)(F)F. The van der Waals surface area contributed by atoms with Crippen molar-refractivity contribution in [3.63, 3.8) is 0 Å². The van der Waals surface area contributed by atoms with Gasteiger partial charge in [-0.25, -0.2) is 0 Å². The van der Waals surface area contributed by atoms with Crippen LogP contribution in [0.4, 0.5) is 13.2 Å². The van der Waals surface area contributed by atoms with Crippen LogP contribution >= 0.6 is 0 Å². The molecule has 0 heterocycles. The molecule has 1 N–H and O–H groups in total. The maximum Gasteiger partial charge on any atom is 0.417 e. The first-order valence-electron chi connectivity index (χ1n) is 7.88. The summed E-state index contributed by atoms with van der Waals surface area (Å²) in [6, 6.07) is 5.19. The molecule has 2 nitrogen and oxygen atoms in total. The predicted molar refractivity (Wildman–Crippen MR) is 82.5 cm³/mol. The lowest BCUT2D eigenvalue weighted by molar-refractivity contribution is -0.137. The average Bonchev–Trinajstić information content (AvgIpc) is 2.52. The Bertz CT molecular complexity index is 592. The van der Waals surface area contributed by atoms with Crippen LogP contribution in [-0.2, 0) is 11.0 Å². The zero-order chi connectivity index (χ0) is 16.7. The number of hydrogen-bond acceptors (Lipinski definition) is 1. The fourth-order valence-corrected chi connectivity index (χ4v) is 2.85. The van der Waals surface area contributed by atoms with Gasteiger partial charge in [-0.2, -0.15) is 13.2 Å². The van der Waals surface area contributed by atoms with E-state index in [1.54, 1.807) is 0 Å². The summed E-state index contributed by atoms with van der Waals surface area (Å²) in [5.74, 6) is 5.45. The Morgan fingerprint density at radius 1 is 1.17 bits per heavy atom. The minimum atomic E-state index is -4.42. The summed E-state index contributed by atoms with van der Waals surface area (Å²) < 4.78 is 38.4. The van der Waals surface area contributed by atoms with Crippen molar-refractivity contribution in [2.75, 3.05) is 6.54 Å². The first-order valence-corrected chi connectivity index (χ1v) is 7.88. The molecule has 0 unspecified atom stereocenters. The van der Waals surface area contributed by atoms with Gasteiger partial charge < -0.3 is 5.32 Å². The highest BCUT2D eigenvalue weighted by molar-refractivity contribution is 5.76. The van der Waals surface area contributed by atoms with E-state index in [1.165, 1.54) is 37.5 Å². The second kappa shape index (κ2) is 8.05. The van der Waals surface area contributed by atoms with Crippen LogP contribution in [0, 0.1) is 17.8 Å². The van der Waals surface area contributed by atoms with Crippen LogP contribution in [-0.4, -0.2) is 12.5 Å². The molecule has 1 aromatic carbocycles. The van der Waals surface area contributed by atoms with Gasteiger partial charge in [0, 0.05) is 12.0 Å². The van der Waals surface area contributed by atoms with Gasteiger partial charge in [-0.1, -0.05) is 43.2 Å². The van der Waals surface area contributed by atoms with Crippen molar-refractivity contribution in [3.8, 4) is 11.8 Å². The molecule has 1 aliphatic carbocycles. The molecule has 0 saturated heterocycles. The summed E-state index contributed by atoms with van der Waals surface area (Å²) in [5, 5.41) is 2.66. The molecule has 1 fully saturated rings. The van der Waals surface area contributed by atoms with Crippen LogP contribution in [0.1, 0.15) is 49.7 Å². The third-order valence-corrected chi connectivity index (χ3v) is 4.03. The van der Waals surface area contributed by atoms with Gasteiger partial charge in [-0.3, -0.25) is 4.79 Å². The molecule has 2 rings (SSSR count). The number of halogens is 3. The fraction of sp³-hybridized carbons (Fsp3) is 0.500.